The molecule has 1 aromatic carbocycles. The topological polar surface area (TPSA) is 52.6 Å². The van der Waals surface area contributed by atoms with Crippen LogP contribution in [-0.4, -0.2) is 30.2 Å². The summed E-state index contributed by atoms with van der Waals surface area (Å²) >= 11 is 0. The molecule has 0 saturated carbocycles. The molecular formula is C15H24N2O2. The largest absolute Gasteiger partial charge is 0.480 e. The van der Waals surface area contributed by atoms with E-state index in [1.165, 1.54) is 0 Å². The second kappa shape index (κ2) is 7.67. The zero-order valence-corrected chi connectivity index (χ0v) is 12.0. The minimum Gasteiger partial charge on any atom is -0.480 e. The molecule has 4 heteroatoms. The lowest BCUT2D eigenvalue weighted by molar-refractivity contribution is -0.138. The molecule has 1 aromatic rings. The summed E-state index contributed by atoms with van der Waals surface area (Å²) in [6, 6.07) is 7.43. The van der Waals surface area contributed by atoms with Crippen molar-refractivity contribution in [2.75, 3.05) is 23.3 Å². The average Bonchev–Trinajstić information content (AvgIpc) is 2.41. The number of carbonyl (C=O) groups is 1. The molecule has 19 heavy (non-hydrogen) atoms. The van der Waals surface area contributed by atoms with Crippen molar-refractivity contribution in [3.8, 4) is 0 Å². The van der Waals surface area contributed by atoms with Crippen LogP contribution < -0.4 is 10.2 Å². The molecule has 1 rings (SSSR count). The van der Waals surface area contributed by atoms with E-state index in [9.17, 15) is 4.79 Å². The van der Waals surface area contributed by atoms with Crippen LogP contribution in [0, 0.1) is 0 Å². The van der Waals surface area contributed by atoms with Gasteiger partial charge in [-0.2, -0.15) is 0 Å². The van der Waals surface area contributed by atoms with Crippen molar-refractivity contribution in [2.24, 2.45) is 0 Å². The molecule has 0 aliphatic carbocycles. The molecule has 0 heterocycles. The number of nitrogens with zero attached hydrogens (tertiary/aromatic N) is 1. The van der Waals surface area contributed by atoms with Gasteiger partial charge < -0.3 is 15.3 Å². The summed E-state index contributed by atoms with van der Waals surface area (Å²) in [6.07, 6.45) is 1.48. The third-order valence-corrected chi connectivity index (χ3v) is 3.21. The number of hydrogen-bond donors (Lipinski definition) is 2. The summed E-state index contributed by atoms with van der Waals surface area (Å²) in [5, 5.41) is 12.2. The number of carboxylic acid groups (broad SMARTS) is 1. The highest BCUT2D eigenvalue weighted by molar-refractivity contribution is 5.77. The fourth-order valence-corrected chi connectivity index (χ4v) is 2.10. The normalized spacial score (nSPS) is 11.9. The van der Waals surface area contributed by atoms with Crippen molar-refractivity contribution >= 4 is 17.3 Å². The molecule has 0 saturated heterocycles. The molecule has 0 fully saturated rings. The first-order chi connectivity index (χ1) is 9.12. The summed E-state index contributed by atoms with van der Waals surface area (Å²) in [5.41, 5.74) is 2.02. The molecule has 0 aliphatic heterocycles. The van der Waals surface area contributed by atoms with E-state index in [0.717, 1.165) is 30.9 Å². The van der Waals surface area contributed by atoms with E-state index >= 15 is 0 Å². The molecule has 0 aromatic heterocycles. The van der Waals surface area contributed by atoms with Crippen LogP contribution in [0.25, 0.3) is 0 Å². The Labute approximate surface area is 115 Å². The van der Waals surface area contributed by atoms with Crippen molar-refractivity contribution in [1.82, 2.24) is 0 Å². The number of rotatable bonds is 8. The van der Waals surface area contributed by atoms with Crippen molar-refractivity contribution in [3.05, 3.63) is 24.3 Å². The van der Waals surface area contributed by atoms with Crippen molar-refractivity contribution in [3.63, 3.8) is 0 Å². The maximum Gasteiger partial charge on any atom is 0.326 e. The van der Waals surface area contributed by atoms with Gasteiger partial charge in [-0.25, -0.2) is 4.79 Å². The minimum absolute atomic E-state index is 0.510. The van der Waals surface area contributed by atoms with Gasteiger partial charge in [0.25, 0.3) is 0 Å². The van der Waals surface area contributed by atoms with Gasteiger partial charge in [0.05, 0.1) is 0 Å². The van der Waals surface area contributed by atoms with Crippen LogP contribution in [0.4, 0.5) is 11.4 Å². The van der Waals surface area contributed by atoms with E-state index in [2.05, 4.69) is 24.1 Å². The Balaban J connectivity index is 2.72. The second-order valence-electron chi connectivity index (χ2n) is 4.54. The van der Waals surface area contributed by atoms with E-state index in [-0.39, 0.29) is 0 Å². The third-order valence-electron chi connectivity index (χ3n) is 3.21. The van der Waals surface area contributed by atoms with Crippen molar-refractivity contribution < 1.29 is 9.90 Å². The fourth-order valence-electron chi connectivity index (χ4n) is 2.10. The van der Waals surface area contributed by atoms with Gasteiger partial charge in [-0.05, 0) is 44.5 Å². The van der Waals surface area contributed by atoms with Gasteiger partial charge in [-0.3, -0.25) is 0 Å². The lowest BCUT2D eigenvalue weighted by Crippen LogP contribution is -2.29. The zero-order chi connectivity index (χ0) is 14.3. The average molecular weight is 264 g/mol. The first-order valence-corrected chi connectivity index (χ1v) is 6.96. The SMILES string of the molecule is CCCC(Nc1ccc(N(CC)CC)cc1)C(=O)O. The molecule has 0 bridgehead atoms. The van der Waals surface area contributed by atoms with E-state index in [0.29, 0.717) is 6.42 Å². The summed E-state index contributed by atoms with van der Waals surface area (Å²) < 4.78 is 0. The second-order valence-corrected chi connectivity index (χ2v) is 4.54. The maximum absolute atomic E-state index is 11.1. The number of anilines is 2. The molecule has 0 radical (unpaired) electrons. The lowest BCUT2D eigenvalue weighted by atomic mass is 10.1. The van der Waals surface area contributed by atoms with Crippen molar-refractivity contribution in [2.45, 2.75) is 39.7 Å². The van der Waals surface area contributed by atoms with Gasteiger partial charge in [0.15, 0.2) is 0 Å². The smallest absolute Gasteiger partial charge is 0.326 e. The van der Waals surface area contributed by atoms with Crippen LogP contribution in [0.15, 0.2) is 24.3 Å². The Hall–Kier alpha value is -1.71. The Bertz CT molecular complexity index is 386. The fraction of sp³-hybridized carbons (Fsp3) is 0.533. The number of carboxylic acids is 1. The Morgan fingerprint density at radius 3 is 2.21 bits per heavy atom. The highest BCUT2D eigenvalue weighted by atomic mass is 16.4. The predicted octanol–water partition coefficient (Wildman–Crippen LogP) is 3.20. The van der Waals surface area contributed by atoms with Crippen LogP contribution in [0.1, 0.15) is 33.6 Å². The summed E-state index contributed by atoms with van der Waals surface area (Å²) in [4.78, 5) is 13.3. The Morgan fingerprint density at radius 2 is 1.79 bits per heavy atom. The van der Waals surface area contributed by atoms with Crippen LogP contribution in [0.3, 0.4) is 0 Å². The predicted molar refractivity (Wildman–Crippen MR) is 80.0 cm³/mol. The lowest BCUT2D eigenvalue weighted by Gasteiger charge is -2.22. The number of benzene rings is 1. The molecule has 106 valence electrons. The summed E-state index contributed by atoms with van der Waals surface area (Å²) in [6.45, 7) is 8.17. The quantitative estimate of drug-likeness (QED) is 0.757. The van der Waals surface area contributed by atoms with E-state index < -0.39 is 12.0 Å². The molecule has 4 nitrogen and oxygen atoms in total. The third kappa shape index (κ3) is 4.47. The number of hydrogen-bond acceptors (Lipinski definition) is 3. The van der Waals surface area contributed by atoms with Crippen molar-refractivity contribution in [1.29, 1.82) is 0 Å². The highest BCUT2D eigenvalue weighted by Crippen LogP contribution is 2.19. The van der Waals surface area contributed by atoms with Crippen LogP contribution in [-0.2, 0) is 4.79 Å². The molecular weight excluding hydrogens is 240 g/mol. The zero-order valence-electron chi connectivity index (χ0n) is 12.0. The standard InChI is InChI=1S/C15H24N2O2/c1-4-7-14(15(18)19)16-12-8-10-13(11-9-12)17(5-2)6-3/h8-11,14,16H,4-7H2,1-3H3,(H,18,19). The molecule has 1 atom stereocenters. The van der Waals surface area contributed by atoms with Gasteiger partial charge in [0, 0.05) is 24.5 Å². The number of aliphatic carboxylic acids is 1. The molecule has 0 aliphatic rings. The summed E-state index contributed by atoms with van der Waals surface area (Å²) in [7, 11) is 0. The van der Waals surface area contributed by atoms with Gasteiger partial charge in [-0.1, -0.05) is 13.3 Å². The first kappa shape index (κ1) is 15.3. The highest BCUT2D eigenvalue weighted by Gasteiger charge is 2.15. The molecule has 0 amide bonds. The van der Waals surface area contributed by atoms with Gasteiger partial charge in [-0.15, -0.1) is 0 Å². The Kier molecular flexibility index (Phi) is 6.19. The van der Waals surface area contributed by atoms with Crippen LogP contribution in [0.2, 0.25) is 0 Å². The summed E-state index contributed by atoms with van der Waals surface area (Å²) in [5.74, 6) is -0.797. The van der Waals surface area contributed by atoms with E-state index in [1.807, 2.05) is 31.2 Å². The molecule has 0 spiro atoms. The first-order valence-electron chi connectivity index (χ1n) is 6.96. The van der Waals surface area contributed by atoms with E-state index in [4.69, 9.17) is 5.11 Å². The molecule has 1 unspecified atom stereocenters. The maximum atomic E-state index is 11.1. The van der Waals surface area contributed by atoms with Gasteiger partial charge in [0.1, 0.15) is 6.04 Å². The van der Waals surface area contributed by atoms with Crippen LogP contribution in [0.5, 0.6) is 0 Å². The Morgan fingerprint density at radius 1 is 1.21 bits per heavy atom. The monoisotopic (exact) mass is 264 g/mol. The minimum atomic E-state index is -0.797. The number of nitrogens with one attached hydrogen (secondary N) is 1. The van der Waals surface area contributed by atoms with Gasteiger partial charge >= 0.3 is 5.97 Å². The molecule has 2 N–H and O–H groups in total. The van der Waals surface area contributed by atoms with Gasteiger partial charge in [0.2, 0.25) is 0 Å². The van der Waals surface area contributed by atoms with E-state index in [1.54, 1.807) is 0 Å². The van der Waals surface area contributed by atoms with Crippen LogP contribution >= 0.6 is 0 Å².